The van der Waals surface area contributed by atoms with Gasteiger partial charge in [0.2, 0.25) is 5.91 Å². The number of piperidine rings is 1. The van der Waals surface area contributed by atoms with Crippen molar-refractivity contribution in [2.75, 3.05) is 26.2 Å². The summed E-state index contributed by atoms with van der Waals surface area (Å²) in [6.45, 7) is 6.50. The summed E-state index contributed by atoms with van der Waals surface area (Å²) >= 11 is 0. The number of carbonyl (C=O) groups is 1. The lowest BCUT2D eigenvalue weighted by atomic mass is 9.98. The molecule has 4 heteroatoms. The first-order valence-electron chi connectivity index (χ1n) is 7.54. The zero-order valence-corrected chi connectivity index (χ0v) is 11.6. The van der Waals surface area contributed by atoms with Gasteiger partial charge in [-0.1, -0.05) is 6.92 Å². The number of hydrogen-bond acceptors (Lipinski definition) is 3. The normalized spacial score (nSPS) is 27.0. The van der Waals surface area contributed by atoms with Gasteiger partial charge in [0.25, 0.3) is 0 Å². The molecule has 0 aliphatic carbocycles. The summed E-state index contributed by atoms with van der Waals surface area (Å²) < 4.78 is 0. The molecule has 0 radical (unpaired) electrons. The van der Waals surface area contributed by atoms with Crippen molar-refractivity contribution in [2.24, 2.45) is 0 Å². The zero-order chi connectivity index (χ0) is 12.8. The average molecular weight is 253 g/mol. The lowest BCUT2D eigenvalue weighted by Gasteiger charge is -2.39. The Hall–Kier alpha value is -0.610. The molecule has 2 rings (SSSR count). The van der Waals surface area contributed by atoms with E-state index in [0.29, 0.717) is 18.5 Å². The van der Waals surface area contributed by atoms with E-state index in [2.05, 4.69) is 22.5 Å². The second-order valence-corrected chi connectivity index (χ2v) is 5.57. The van der Waals surface area contributed by atoms with Gasteiger partial charge in [-0.3, -0.25) is 9.69 Å². The maximum Gasteiger partial charge on any atom is 0.221 e. The van der Waals surface area contributed by atoms with Gasteiger partial charge in [0, 0.05) is 25.0 Å². The predicted molar refractivity (Wildman–Crippen MR) is 73.5 cm³/mol. The van der Waals surface area contributed by atoms with E-state index in [4.69, 9.17) is 0 Å². The fraction of sp³-hybridized carbons (Fsp3) is 0.929. The Bertz CT molecular complexity index is 264. The Balaban J connectivity index is 1.99. The van der Waals surface area contributed by atoms with Crippen LogP contribution in [0, 0.1) is 0 Å². The molecule has 18 heavy (non-hydrogen) atoms. The van der Waals surface area contributed by atoms with Crippen molar-refractivity contribution in [2.45, 2.75) is 57.5 Å². The number of hydrogen-bond donors (Lipinski definition) is 2. The van der Waals surface area contributed by atoms with Gasteiger partial charge in [0.1, 0.15) is 0 Å². The first-order valence-corrected chi connectivity index (χ1v) is 7.54. The van der Waals surface area contributed by atoms with Crippen LogP contribution in [-0.4, -0.2) is 49.1 Å². The topological polar surface area (TPSA) is 44.4 Å². The molecule has 1 atom stereocenters. The number of amides is 1. The van der Waals surface area contributed by atoms with Crippen molar-refractivity contribution in [3.63, 3.8) is 0 Å². The lowest BCUT2D eigenvalue weighted by molar-refractivity contribution is -0.122. The number of carbonyl (C=O) groups excluding carboxylic acids is 1. The van der Waals surface area contributed by atoms with Gasteiger partial charge in [0.05, 0.1) is 0 Å². The molecule has 2 saturated heterocycles. The van der Waals surface area contributed by atoms with Crippen molar-refractivity contribution >= 4 is 5.91 Å². The van der Waals surface area contributed by atoms with Crippen LogP contribution in [0.15, 0.2) is 0 Å². The Morgan fingerprint density at radius 1 is 1.17 bits per heavy atom. The Labute approximate surface area is 110 Å². The quantitative estimate of drug-likeness (QED) is 0.789. The van der Waals surface area contributed by atoms with E-state index in [1.54, 1.807) is 0 Å². The molecule has 2 aliphatic heterocycles. The molecule has 0 saturated carbocycles. The summed E-state index contributed by atoms with van der Waals surface area (Å²) in [6.07, 6.45) is 6.65. The van der Waals surface area contributed by atoms with E-state index in [1.807, 2.05) is 0 Å². The summed E-state index contributed by atoms with van der Waals surface area (Å²) in [7, 11) is 0. The van der Waals surface area contributed by atoms with Crippen LogP contribution in [-0.2, 0) is 4.79 Å². The summed E-state index contributed by atoms with van der Waals surface area (Å²) in [4.78, 5) is 14.4. The Kier molecular flexibility index (Phi) is 5.45. The van der Waals surface area contributed by atoms with Crippen molar-refractivity contribution in [1.82, 2.24) is 15.5 Å². The molecule has 2 fully saturated rings. The SMILES string of the molecule is CCCN(C1CCNCC1)C1CCCNC(=O)C1. The summed E-state index contributed by atoms with van der Waals surface area (Å²) in [5, 5.41) is 6.43. The molecule has 0 spiro atoms. The van der Waals surface area contributed by atoms with Crippen LogP contribution in [0.4, 0.5) is 0 Å². The van der Waals surface area contributed by atoms with Crippen LogP contribution >= 0.6 is 0 Å². The highest BCUT2D eigenvalue weighted by Crippen LogP contribution is 2.21. The smallest absolute Gasteiger partial charge is 0.221 e. The molecule has 0 aromatic carbocycles. The highest BCUT2D eigenvalue weighted by molar-refractivity contribution is 5.76. The fourth-order valence-electron chi connectivity index (χ4n) is 3.30. The molecule has 2 aliphatic rings. The third-order valence-corrected chi connectivity index (χ3v) is 4.19. The van der Waals surface area contributed by atoms with E-state index >= 15 is 0 Å². The minimum atomic E-state index is 0.243. The van der Waals surface area contributed by atoms with E-state index < -0.39 is 0 Å². The van der Waals surface area contributed by atoms with Crippen LogP contribution in [0.1, 0.15) is 45.4 Å². The van der Waals surface area contributed by atoms with Crippen LogP contribution in [0.2, 0.25) is 0 Å². The van der Waals surface area contributed by atoms with E-state index in [9.17, 15) is 4.79 Å². The minimum absolute atomic E-state index is 0.243. The molecule has 104 valence electrons. The van der Waals surface area contributed by atoms with Gasteiger partial charge in [0.15, 0.2) is 0 Å². The fourth-order valence-corrected chi connectivity index (χ4v) is 3.30. The average Bonchev–Trinajstić information content (AvgIpc) is 2.61. The molecular weight excluding hydrogens is 226 g/mol. The number of nitrogens with zero attached hydrogens (tertiary/aromatic N) is 1. The zero-order valence-electron chi connectivity index (χ0n) is 11.6. The molecule has 0 aromatic rings. The predicted octanol–water partition coefficient (Wildman–Crippen LogP) is 1.12. The maximum atomic E-state index is 11.7. The largest absolute Gasteiger partial charge is 0.356 e. The minimum Gasteiger partial charge on any atom is -0.356 e. The summed E-state index contributed by atoms with van der Waals surface area (Å²) in [5.74, 6) is 0.243. The standard InChI is InChI=1S/C14H27N3O/c1-2-10-17(12-5-8-15-9-6-12)13-4-3-7-16-14(18)11-13/h12-13,15H,2-11H2,1H3,(H,16,18). The van der Waals surface area contributed by atoms with Gasteiger partial charge in [-0.15, -0.1) is 0 Å². The molecule has 1 unspecified atom stereocenters. The molecule has 0 aromatic heterocycles. The summed E-state index contributed by atoms with van der Waals surface area (Å²) in [6, 6.07) is 1.15. The van der Waals surface area contributed by atoms with E-state index in [0.717, 1.165) is 32.6 Å². The van der Waals surface area contributed by atoms with Gasteiger partial charge >= 0.3 is 0 Å². The van der Waals surface area contributed by atoms with E-state index in [1.165, 1.54) is 25.7 Å². The van der Waals surface area contributed by atoms with Gasteiger partial charge in [-0.25, -0.2) is 0 Å². The second-order valence-electron chi connectivity index (χ2n) is 5.57. The molecule has 0 bridgehead atoms. The van der Waals surface area contributed by atoms with Crippen LogP contribution in [0.3, 0.4) is 0 Å². The monoisotopic (exact) mass is 253 g/mol. The van der Waals surface area contributed by atoms with Crippen molar-refractivity contribution in [3.8, 4) is 0 Å². The van der Waals surface area contributed by atoms with Crippen LogP contribution in [0.25, 0.3) is 0 Å². The highest BCUT2D eigenvalue weighted by Gasteiger charge is 2.29. The molecule has 4 nitrogen and oxygen atoms in total. The van der Waals surface area contributed by atoms with E-state index in [-0.39, 0.29) is 5.91 Å². The highest BCUT2D eigenvalue weighted by atomic mass is 16.1. The lowest BCUT2D eigenvalue weighted by Crippen LogP contribution is -2.49. The van der Waals surface area contributed by atoms with Crippen molar-refractivity contribution in [3.05, 3.63) is 0 Å². The van der Waals surface area contributed by atoms with Crippen LogP contribution < -0.4 is 10.6 Å². The van der Waals surface area contributed by atoms with Crippen molar-refractivity contribution < 1.29 is 4.79 Å². The van der Waals surface area contributed by atoms with Crippen LogP contribution in [0.5, 0.6) is 0 Å². The number of nitrogens with one attached hydrogen (secondary N) is 2. The number of rotatable bonds is 4. The Morgan fingerprint density at radius 3 is 2.67 bits per heavy atom. The molecular formula is C14H27N3O. The second kappa shape index (κ2) is 7.10. The first kappa shape index (κ1) is 13.8. The Morgan fingerprint density at radius 2 is 1.94 bits per heavy atom. The molecule has 2 heterocycles. The molecule has 1 amide bonds. The summed E-state index contributed by atoms with van der Waals surface area (Å²) in [5.41, 5.74) is 0. The first-order chi connectivity index (χ1) is 8.81. The third kappa shape index (κ3) is 3.69. The third-order valence-electron chi connectivity index (χ3n) is 4.19. The molecule has 2 N–H and O–H groups in total. The van der Waals surface area contributed by atoms with Gasteiger partial charge in [-0.05, 0) is 51.7 Å². The van der Waals surface area contributed by atoms with Gasteiger partial charge in [-0.2, -0.15) is 0 Å². The van der Waals surface area contributed by atoms with Gasteiger partial charge < -0.3 is 10.6 Å². The maximum absolute atomic E-state index is 11.7. The van der Waals surface area contributed by atoms with Crippen molar-refractivity contribution in [1.29, 1.82) is 0 Å².